The lowest BCUT2D eigenvalue weighted by Gasteiger charge is -2.32. The summed E-state index contributed by atoms with van der Waals surface area (Å²) in [6.45, 7) is 2.93. The Morgan fingerprint density at radius 3 is 2.82 bits per heavy atom. The number of likely N-dealkylation sites (tertiary alicyclic amines) is 1. The lowest BCUT2D eigenvalue weighted by molar-refractivity contribution is -0.132. The first kappa shape index (κ1) is 16.9. The molecule has 8 nitrogen and oxygen atoms in total. The van der Waals surface area contributed by atoms with E-state index in [1.165, 1.54) is 7.05 Å². The summed E-state index contributed by atoms with van der Waals surface area (Å²) in [5.74, 6) is 1.07. The number of amides is 1. The summed E-state index contributed by atoms with van der Waals surface area (Å²) >= 11 is 0. The first-order chi connectivity index (χ1) is 10.3. The van der Waals surface area contributed by atoms with E-state index < -0.39 is 10.0 Å². The highest BCUT2D eigenvalue weighted by atomic mass is 32.2. The molecular weight excluding hydrogens is 308 g/mol. The Hall–Kier alpha value is -1.48. The molecule has 0 aromatic carbocycles. The number of nitrogens with zero attached hydrogens (tertiary/aromatic N) is 4. The number of carbonyl (C=O) groups is 1. The Balaban J connectivity index is 1.99. The van der Waals surface area contributed by atoms with Crippen LogP contribution in [0.15, 0.2) is 4.52 Å². The third-order valence-electron chi connectivity index (χ3n) is 3.85. The summed E-state index contributed by atoms with van der Waals surface area (Å²) < 4.78 is 29.0. The first-order valence-corrected chi connectivity index (χ1v) is 9.17. The van der Waals surface area contributed by atoms with E-state index in [-0.39, 0.29) is 18.4 Å². The second-order valence-electron chi connectivity index (χ2n) is 5.60. The third-order valence-corrected chi connectivity index (χ3v) is 5.11. The van der Waals surface area contributed by atoms with E-state index in [0.717, 1.165) is 23.4 Å². The van der Waals surface area contributed by atoms with Crippen LogP contribution in [0.25, 0.3) is 0 Å². The minimum Gasteiger partial charge on any atom is -0.341 e. The highest BCUT2D eigenvalue weighted by molar-refractivity contribution is 7.88. The van der Waals surface area contributed by atoms with Gasteiger partial charge in [-0.2, -0.15) is 9.29 Å². The molecule has 0 N–H and O–H groups in total. The van der Waals surface area contributed by atoms with Crippen molar-refractivity contribution in [1.82, 2.24) is 19.3 Å². The number of aryl methyl sites for hydroxylation is 1. The van der Waals surface area contributed by atoms with Crippen molar-refractivity contribution in [2.75, 3.05) is 32.9 Å². The van der Waals surface area contributed by atoms with Gasteiger partial charge in [0.25, 0.3) is 0 Å². The van der Waals surface area contributed by atoms with Gasteiger partial charge in [-0.3, -0.25) is 4.79 Å². The molecule has 0 unspecified atom stereocenters. The van der Waals surface area contributed by atoms with E-state index in [9.17, 15) is 13.2 Å². The summed E-state index contributed by atoms with van der Waals surface area (Å²) in [6, 6.07) is 0. The van der Waals surface area contributed by atoms with Gasteiger partial charge in [-0.05, 0) is 12.8 Å². The predicted molar refractivity (Wildman–Crippen MR) is 79.7 cm³/mol. The molecule has 1 atom stereocenters. The average molecular weight is 330 g/mol. The van der Waals surface area contributed by atoms with E-state index in [0.29, 0.717) is 31.2 Å². The van der Waals surface area contributed by atoms with Crippen LogP contribution in [-0.4, -0.2) is 66.6 Å². The molecule has 1 aliphatic rings. The van der Waals surface area contributed by atoms with Crippen molar-refractivity contribution in [3.05, 3.63) is 11.7 Å². The van der Waals surface area contributed by atoms with Gasteiger partial charge in [0.2, 0.25) is 21.8 Å². The molecule has 2 heterocycles. The SMILES string of the molecule is CCc1nc([C@H]2CCCN(C(=O)CN(C)S(C)(=O)=O)C2)no1. The molecule has 1 aromatic rings. The molecule has 0 radical (unpaired) electrons. The minimum absolute atomic E-state index is 0.0466. The highest BCUT2D eigenvalue weighted by Gasteiger charge is 2.29. The largest absolute Gasteiger partial charge is 0.341 e. The molecule has 22 heavy (non-hydrogen) atoms. The van der Waals surface area contributed by atoms with Crippen LogP contribution in [0.5, 0.6) is 0 Å². The number of piperidine rings is 1. The lowest BCUT2D eigenvalue weighted by Crippen LogP contribution is -2.45. The van der Waals surface area contributed by atoms with E-state index >= 15 is 0 Å². The van der Waals surface area contributed by atoms with Crippen LogP contribution in [0.3, 0.4) is 0 Å². The van der Waals surface area contributed by atoms with Crippen molar-refractivity contribution in [3.8, 4) is 0 Å². The third kappa shape index (κ3) is 4.04. The number of hydrogen-bond donors (Lipinski definition) is 0. The van der Waals surface area contributed by atoms with Crippen molar-refractivity contribution in [2.24, 2.45) is 0 Å². The molecule has 124 valence electrons. The molecule has 0 bridgehead atoms. The van der Waals surface area contributed by atoms with Crippen LogP contribution in [0.2, 0.25) is 0 Å². The smallest absolute Gasteiger partial charge is 0.237 e. The average Bonchev–Trinajstić information content (AvgIpc) is 2.95. The molecule has 1 aliphatic heterocycles. The zero-order chi connectivity index (χ0) is 16.3. The monoisotopic (exact) mass is 330 g/mol. The van der Waals surface area contributed by atoms with Crippen LogP contribution in [-0.2, 0) is 21.2 Å². The summed E-state index contributed by atoms with van der Waals surface area (Å²) in [6.07, 6.45) is 3.51. The zero-order valence-electron chi connectivity index (χ0n) is 13.2. The summed E-state index contributed by atoms with van der Waals surface area (Å²) in [5, 5.41) is 3.97. The Bertz CT molecular complexity index is 628. The molecular formula is C13H22N4O4S. The van der Waals surface area contributed by atoms with Crippen molar-refractivity contribution in [3.63, 3.8) is 0 Å². The predicted octanol–water partition coefficient (Wildman–Crippen LogP) is 0.229. The van der Waals surface area contributed by atoms with Crippen LogP contribution in [0.1, 0.15) is 37.4 Å². The normalized spacial score (nSPS) is 19.6. The molecule has 1 amide bonds. The van der Waals surface area contributed by atoms with Crippen LogP contribution >= 0.6 is 0 Å². The van der Waals surface area contributed by atoms with Gasteiger partial charge < -0.3 is 9.42 Å². The molecule has 1 aromatic heterocycles. The standard InChI is InChI=1S/C13H22N4O4S/c1-4-11-14-13(15-21-11)10-6-5-7-17(8-10)12(18)9-16(2)22(3,19)20/h10H,4-9H2,1-3H3/t10-/m0/s1. The second-order valence-corrected chi connectivity index (χ2v) is 7.69. The van der Waals surface area contributed by atoms with Crippen molar-refractivity contribution < 1.29 is 17.7 Å². The van der Waals surface area contributed by atoms with Gasteiger partial charge in [0.15, 0.2) is 5.82 Å². The molecule has 0 spiro atoms. The molecule has 0 aliphatic carbocycles. The number of likely N-dealkylation sites (N-methyl/N-ethyl adjacent to an activating group) is 1. The minimum atomic E-state index is -3.36. The van der Waals surface area contributed by atoms with Crippen LogP contribution in [0.4, 0.5) is 0 Å². The van der Waals surface area contributed by atoms with Gasteiger partial charge in [0.1, 0.15) is 0 Å². The number of rotatable bonds is 5. The maximum absolute atomic E-state index is 12.2. The van der Waals surface area contributed by atoms with E-state index in [1.807, 2.05) is 6.92 Å². The molecule has 0 saturated carbocycles. The molecule has 9 heteroatoms. The van der Waals surface area contributed by atoms with Gasteiger partial charge in [-0.15, -0.1) is 0 Å². The van der Waals surface area contributed by atoms with E-state index in [4.69, 9.17) is 4.52 Å². The fourth-order valence-corrected chi connectivity index (χ4v) is 2.74. The molecule has 1 fully saturated rings. The van der Waals surface area contributed by atoms with E-state index in [1.54, 1.807) is 4.90 Å². The van der Waals surface area contributed by atoms with Crippen molar-refractivity contribution in [1.29, 1.82) is 0 Å². The van der Waals surface area contributed by atoms with Gasteiger partial charge in [0.05, 0.1) is 12.8 Å². The fourth-order valence-electron chi connectivity index (χ4n) is 2.40. The van der Waals surface area contributed by atoms with E-state index in [2.05, 4.69) is 10.1 Å². The number of carbonyl (C=O) groups excluding carboxylic acids is 1. The Kier molecular flexibility index (Phi) is 5.17. The maximum atomic E-state index is 12.2. The highest BCUT2D eigenvalue weighted by Crippen LogP contribution is 2.25. The van der Waals surface area contributed by atoms with Crippen molar-refractivity contribution in [2.45, 2.75) is 32.1 Å². The zero-order valence-corrected chi connectivity index (χ0v) is 14.0. The Morgan fingerprint density at radius 1 is 1.50 bits per heavy atom. The maximum Gasteiger partial charge on any atom is 0.237 e. The van der Waals surface area contributed by atoms with Crippen molar-refractivity contribution >= 4 is 15.9 Å². The van der Waals surface area contributed by atoms with Crippen LogP contribution < -0.4 is 0 Å². The summed E-state index contributed by atoms with van der Waals surface area (Å²) in [4.78, 5) is 18.3. The lowest BCUT2D eigenvalue weighted by atomic mass is 9.97. The fraction of sp³-hybridized carbons (Fsp3) is 0.769. The molecule has 1 saturated heterocycles. The number of sulfonamides is 1. The van der Waals surface area contributed by atoms with Gasteiger partial charge in [-0.25, -0.2) is 8.42 Å². The molecule has 2 rings (SSSR count). The van der Waals surface area contributed by atoms with Crippen LogP contribution in [0, 0.1) is 0 Å². The quantitative estimate of drug-likeness (QED) is 0.767. The van der Waals surface area contributed by atoms with Gasteiger partial charge in [0, 0.05) is 32.5 Å². The topological polar surface area (TPSA) is 96.6 Å². The Morgan fingerprint density at radius 2 is 2.23 bits per heavy atom. The number of hydrogen-bond acceptors (Lipinski definition) is 6. The second kappa shape index (κ2) is 6.74. The Labute approximate surface area is 130 Å². The number of aromatic nitrogens is 2. The first-order valence-electron chi connectivity index (χ1n) is 7.32. The van der Waals surface area contributed by atoms with Gasteiger partial charge >= 0.3 is 0 Å². The summed E-state index contributed by atoms with van der Waals surface area (Å²) in [7, 11) is -1.95. The summed E-state index contributed by atoms with van der Waals surface area (Å²) in [5.41, 5.74) is 0. The van der Waals surface area contributed by atoms with Gasteiger partial charge in [-0.1, -0.05) is 12.1 Å².